The van der Waals surface area contributed by atoms with E-state index in [-0.39, 0.29) is 24.0 Å². The molecule has 6 nitrogen and oxygen atoms in total. The van der Waals surface area contributed by atoms with Crippen LogP contribution in [-0.2, 0) is 9.47 Å². The molecule has 0 aromatic rings. The number of hydrogen-bond acceptors (Lipinski definition) is 5. The first-order valence-corrected chi connectivity index (χ1v) is 8.37. The van der Waals surface area contributed by atoms with Gasteiger partial charge in [0.05, 0.1) is 19.3 Å². The largest absolute Gasteiger partial charge is 0.445 e. The predicted molar refractivity (Wildman–Crippen MR) is 92.4 cm³/mol. The topological polar surface area (TPSA) is 54.0 Å². The minimum Gasteiger partial charge on any atom is -0.445 e. The van der Waals surface area contributed by atoms with Crippen molar-refractivity contribution in [2.75, 3.05) is 46.0 Å². The standard InChI is InChI=1S/C14H23N3O3S2/c1-2-5-20-14(18)17-10-12(21)8-11(17)9-15-13(22)16-3-6-19-7-4-16/h2,11-12,21H,1,3-10H2,(H,15,22)/t11-,12-/m0/s1. The summed E-state index contributed by atoms with van der Waals surface area (Å²) in [7, 11) is 0. The van der Waals surface area contributed by atoms with Gasteiger partial charge in [0.15, 0.2) is 5.11 Å². The van der Waals surface area contributed by atoms with Crippen LogP contribution in [0.2, 0.25) is 0 Å². The first kappa shape index (κ1) is 17.4. The number of ether oxygens (including phenoxy) is 2. The third kappa shape index (κ3) is 4.76. The molecule has 2 atom stereocenters. The number of amides is 1. The van der Waals surface area contributed by atoms with Gasteiger partial charge in [0.2, 0.25) is 0 Å². The van der Waals surface area contributed by atoms with Crippen LogP contribution >= 0.6 is 24.8 Å². The smallest absolute Gasteiger partial charge is 0.410 e. The lowest BCUT2D eigenvalue weighted by atomic mass is 10.2. The Morgan fingerprint density at radius 1 is 1.50 bits per heavy atom. The summed E-state index contributed by atoms with van der Waals surface area (Å²) < 4.78 is 10.4. The van der Waals surface area contributed by atoms with E-state index in [1.54, 1.807) is 11.0 Å². The van der Waals surface area contributed by atoms with E-state index in [1.807, 2.05) is 0 Å². The van der Waals surface area contributed by atoms with Crippen LogP contribution in [-0.4, -0.2) is 78.3 Å². The highest BCUT2D eigenvalue weighted by molar-refractivity contribution is 7.81. The fourth-order valence-electron chi connectivity index (χ4n) is 2.61. The quantitative estimate of drug-likeness (QED) is 0.448. The number of thiocarbonyl (C=S) groups is 1. The average molecular weight is 345 g/mol. The van der Waals surface area contributed by atoms with Crippen molar-refractivity contribution in [2.24, 2.45) is 0 Å². The van der Waals surface area contributed by atoms with E-state index in [0.29, 0.717) is 31.4 Å². The van der Waals surface area contributed by atoms with Gasteiger partial charge in [-0.2, -0.15) is 12.6 Å². The molecule has 0 bridgehead atoms. The number of nitrogens with one attached hydrogen (secondary N) is 1. The number of likely N-dealkylation sites (tertiary alicyclic amines) is 1. The second-order valence-corrected chi connectivity index (χ2v) is 6.46. The summed E-state index contributed by atoms with van der Waals surface area (Å²) in [5.74, 6) is 0. The van der Waals surface area contributed by atoms with Gasteiger partial charge in [-0.1, -0.05) is 12.7 Å². The van der Waals surface area contributed by atoms with E-state index in [0.717, 1.165) is 19.5 Å². The predicted octanol–water partition coefficient (Wildman–Crippen LogP) is 0.888. The molecule has 2 saturated heterocycles. The van der Waals surface area contributed by atoms with Crippen LogP contribution in [0.1, 0.15) is 6.42 Å². The summed E-state index contributed by atoms with van der Waals surface area (Å²) in [6, 6.07) is 0.0406. The molecule has 2 aliphatic rings. The minimum atomic E-state index is -0.319. The average Bonchev–Trinajstić information content (AvgIpc) is 2.92. The van der Waals surface area contributed by atoms with Crippen molar-refractivity contribution in [3.63, 3.8) is 0 Å². The number of carbonyl (C=O) groups excluding carboxylic acids is 1. The summed E-state index contributed by atoms with van der Waals surface area (Å²) in [6.45, 7) is 7.97. The second-order valence-electron chi connectivity index (χ2n) is 5.35. The molecule has 0 unspecified atom stereocenters. The number of nitrogens with zero attached hydrogens (tertiary/aromatic N) is 2. The Bertz CT molecular complexity index is 416. The third-order valence-electron chi connectivity index (χ3n) is 3.74. The van der Waals surface area contributed by atoms with Crippen LogP contribution in [0.4, 0.5) is 4.79 Å². The zero-order chi connectivity index (χ0) is 15.9. The molecule has 1 N–H and O–H groups in total. The second kappa shape index (κ2) is 8.59. The lowest BCUT2D eigenvalue weighted by Gasteiger charge is -2.31. The summed E-state index contributed by atoms with van der Waals surface area (Å²) in [4.78, 5) is 15.8. The number of rotatable bonds is 4. The molecule has 124 valence electrons. The van der Waals surface area contributed by atoms with Crippen molar-refractivity contribution in [1.29, 1.82) is 0 Å². The van der Waals surface area contributed by atoms with Gasteiger partial charge < -0.3 is 24.6 Å². The Morgan fingerprint density at radius 3 is 2.91 bits per heavy atom. The number of thiol groups is 1. The first-order valence-electron chi connectivity index (χ1n) is 7.44. The van der Waals surface area contributed by atoms with Gasteiger partial charge in [-0.05, 0) is 18.6 Å². The molecular weight excluding hydrogens is 322 g/mol. The summed E-state index contributed by atoms with van der Waals surface area (Å²) in [5, 5.41) is 4.13. The van der Waals surface area contributed by atoms with Crippen molar-refractivity contribution in [1.82, 2.24) is 15.1 Å². The van der Waals surface area contributed by atoms with Crippen LogP contribution < -0.4 is 5.32 Å². The number of morpholine rings is 1. The van der Waals surface area contributed by atoms with Gasteiger partial charge in [-0.3, -0.25) is 0 Å². The molecule has 8 heteroatoms. The van der Waals surface area contributed by atoms with Gasteiger partial charge in [-0.15, -0.1) is 0 Å². The molecule has 2 aliphatic heterocycles. The van der Waals surface area contributed by atoms with Gasteiger partial charge in [0.25, 0.3) is 0 Å². The van der Waals surface area contributed by atoms with Crippen molar-refractivity contribution in [3.8, 4) is 0 Å². The molecule has 1 amide bonds. The Morgan fingerprint density at radius 2 is 2.23 bits per heavy atom. The van der Waals surface area contributed by atoms with Gasteiger partial charge in [0, 0.05) is 31.4 Å². The highest BCUT2D eigenvalue weighted by Crippen LogP contribution is 2.22. The maximum atomic E-state index is 12.0. The van der Waals surface area contributed by atoms with Gasteiger partial charge >= 0.3 is 6.09 Å². The van der Waals surface area contributed by atoms with Crippen molar-refractivity contribution < 1.29 is 14.3 Å². The molecular formula is C14H23N3O3S2. The number of hydrogen-bond donors (Lipinski definition) is 2. The summed E-state index contributed by atoms with van der Waals surface area (Å²) >= 11 is 9.89. The van der Waals surface area contributed by atoms with E-state index >= 15 is 0 Å². The van der Waals surface area contributed by atoms with Crippen LogP contribution in [0.5, 0.6) is 0 Å². The normalized spacial score (nSPS) is 25.0. The van der Waals surface area contributed by atoms with E-state index in [2.05, 4.69) is 29.4 Å². The number of carbonyl (C=O) groups is 1. The third-order valence-corrected chi connectivity index (χ3v) is 4.52. The SMILES string of the molecule is C=CCOC(=O)N1C[C@@H](S)C[C@H]1CNC(=S)N1CCOCC1. The molecule has 22 heavy (non-hydrogen) atoms. The summed E-state index contributed by atoms with van der Waals surface area (Å²) in [6.07, 6.45) is 2.07. The Hall–Kier alpha value is -0.990. The zero-order valence-electron chi connectivity index (χ0n) is 12.6. The van der Waals surface area contributed by atoms with Crippen molar-refractivity contribution in [2.45, 2.75) is 17.7 Å². The van der Waals surface area contributed by atoms with E-state index < -0.39 is 0 Å². The summed E-state index contributed by atoms with van der Waals surface area (Å²) in [5.41, 5.74) is 0. The van der Waals surface area contributed by atoms with Crippen LogP contribution in [0.25, 0.3) is 0 Å². The van der Waals surface area contributed by atoms with Gasteiger partial charge in [0.1, 0.15) is 6.61 Å². The monoisotopic (exact) mass is 345 g/mol. The van der Waals surface area contributed by atoms with Crippen LogP contribution in [0.15, 0.2) is 12.7 Å². The molecule has 2 fully saturated rings. The van der Waals surface area contributed by atoms with Crippen LogP contribution in [0, 0.1) is 0 Å². The Balaban J connectivity index is 1.82. The molecule has 0 saturated carbocycles. The lowest BCUT2D eigenvalue weighted by molar-refractivity contribution is 0.0674. The van der Waals surface area contributed by atoms with Crippen molar-refractivity contribution in [3.05, 3.63) is 12.7 Å². The minimum absolute atomic E-state index is 0.0406. The fraction of sp³-hybridized carbons (Fsp3) is 0.714. The fourth-order valence-corrected chi connectivity index (χ4v) is 3.29. The molecule has 0 aromatic heterocycles. The highest BCUT2D eigenvalue weighted by Gasteiger charge is 2.34. The maximum Gasteiger partial charge on any atom is 0.410 e. The maximum absolute atomic E-state index is 12.0. The zero-order valence-corrected chi connectivity index (χ0v) is 14.3. The molecule has 0 aromatic carbocycles. The van der Waals surface area contributed by atoms with E-state index in [1.165, 1.54) is 0 Å². The van der Waals surface area contributed by atoms with Crippen molar-refractivity contribution >= 4 is 36.1 Å². The molecule has 0 spiro atoms. The molecule has 0 aliphatic carbocycles. The van der Waals surface area contributed by atoms with Gasteiger partial charge in [-0.25, -0.2) is 4.79 Å². The molecule has 0 radical (unpaired) electrons. The van der Waals surface area contributed by atoms with E-state index in [9.17, 15) is 4.79 Å². The van der Waals surface area contributed by atoms with E-state index in [4.69, 9.17) is 21.7 Å². The highest BCUT2D eigenvalue weighted by atomic mass is 32.1. The molecule has 2 rings (SSSR count). The Labute approximate surface area is 142 Å². The Kier molecular flexibility index (Phi) is 6.78. The first-order chi connectivity index (χ1) is 10.6. The van der Waals surface area contributed by atoms with Crippen LogP contribution in [0.3, 0.4) is 0 Å². The molecule has 2 heterocycles. The lowest BCUT2D eigenvalue weighted by Crippen LogP contribution is -2.50.